The Morgan fingerprint density at radius 3 is 3.12 bits per heavy atom. The first-order valence-corrected chi connectivity index (χ1v) is 6.11. The molecule has 1 aromatic rings. The molecule has 1 aliphatic rings. The van der Waals surface area contributed by atoms with Crippen molar-refractivity contribution in [1.29, 1.82) is 0 Å². The Balaban J connectivity index is 2.05. The minimum absolute atomic E-state index is 0.0235. The molecule has 0 aromatic carbocycles. The van der Waals surface area contributed by atoms with Crippen LogP contribution in [0.15, 0.2) is 24.4 Å². The third-order valence-corrected chi connectivity index (χ3v) is 3.34. The summed E-state index contributed by atoms with van der Waals surface area (Å²) in [5, 5.41) is 0. The van der Waals surface area contributed by atoms with Gasteiger partial charge in [0.25, 0.3) is 5.91 Å². The number of amides is 1. The summed E-state index contributed by atoms with van der Waals surface area (Å²) in [4.78, 5) is 18.0. The largest absolute Gasteiger partial charge is 0.337 e. The standard InChI is InChI=1S/C12H15ClN2O/c13-8-10-4-3-7-15(9-10)12(16)11-5-1-2-6-14-11/h1-2,5-6,10H,3-4,7-9H2. The summed E-state index contributed by atoms with van der Waals surface area (Å²) in [6.45, 7) is 1.59. The minimum atomic E-state index is 0.0235. The Labute approximate surface area is 100 Å². The van der Waals surface area contributed by atoms with E-state index in [4.69, 9.17) is 11.6 Å². The third kappa shape index (κ3) is 2.53. The van der Waals surface area contributed by atoms with Gasteiger partial charge in [-0.25, -0.2) is 0 Å². The maximum Gasteiger partial charge on any atom is 0.272 e. The lowest BCUT2D eigenvalue weighted by atomic mass is 10.00. The van der Waals surface area contributed by atoms with E-state index in [1.807, 2.05) is 17.0 Å². The van der Waals surface area contributed by atoms with Crippen LogP contribution in [0.4, 0.5) is 0 Å². The quantitative estimate of drug-likeness (QED) is 0.740. The van der Waals surface area contributed by atoms with Gasteiger partial charge in [-0.05, 0) is 30.9 Å². The summed E-state index contributed by atoms with van der Waals surface area (Å²) in [6, 6.07) is 5.41. The van der Waals surface area contributed by atoms with Gasteiger partial charge in [-0.1, -0.05) is 6.07 Å². The molecule has 1 aliphatic heterocycles. The Bertz CT molecular complexity index is 355. The first kappa shape index (κ1) is 11.4. The van der Waals surface area contributed by atoms with E-state index in [0.717, 1.165) is 25.9 Å². The number of hydrogen-bond acceptors (Lipinski definition) is 2. The van der Waals surface area contributed by atoms with Crippen molar-refractivity contribution >= 4 is 17.5 Å². The summed E-state index contributed by atoms with van der Waals surface area (Å²) in [6.07, 6.45) is 3.81. The van der Waals surface area contributed by atoms with Crippen LogP contribution in [0.3, 0.4) is 0 Å². The molecule has 1 atom stereocenters. The fourth-order valence-electron chi connectivity index (χ4n) is 2.03. The van der Waals surface area contributed by atoms with Gasteiger partial charge in [-0.2, -0.15) is 0 Å². The molecule has 0 bridgehead atoms. The van der Waals surface area contributed by atoms with Crippen molar-refractivity contribution in [1.82, 2.24) is 9.88 Å². The number of halogens is 1. The lowest BCUT2D eigenvalue weighted by molar-refractivity contribution is 0.0679. The normalized spacial score (nSPS) is 20.8. The molecule has 1 saturated heterocycles. The van der Waals surface area contributed by atoms with E-state index in [1.165, 1.54) is 0 Å². The fourth-order valence-corrected chi connectivity index (χ4v) is 2.28. The Morgan fingerprint density at radius 2 is 2.44 bits per heavy atom. The van der Waals surface area contributed by atoms with E-state index >= 15 is 0 Å². The van der Waals surface area contributed by atoms with Crippen LogP contribution in [-0.2, 0) is 0 Å². The van der Waals surface area contributed by atoms with Gasteiger partial charge < -0.3 is 4.90 Å². The van der Waals surface area contributed by atoms with E-state index < -0.39 is 0 Å². The van der Waals surface area contributed by atoms with Crippen molar-refractivity contribution in [3.8, 4) is 0 Å². The van der Waals surface area contributed by atoms with Crippen LogP contribution in [0.1, 0.15) is 23.3 Å². The highest BCUT2D eigenvalue weighted by Gasteiger charge is 2.24. The van der Waals surface area contributed by atoms with Gasteiger partial charge in [0, 0.05) is 25.2 Å². The van der Waals surface area contributed by atoms with E-state index in [1.54, 1.807) is 12.3 Å². The number of alkyl halides is 1. The second-order valence-corrected chi connectivity index (χ2v) is 4.44. The number of carbonyl (C=O) groups is 1. The average molecular weight is 239 g/mol. The number of nitrogens with zero attached hydrogens (tertiary/aromatic N) is 2. The zero-order valence-electron chi connectivity index (χ0n) is 9.10. The van der Waals surface area contributed by atoms with E-state index in [9.17, 15) is 4.79 Å². The number of piperidine rings is 1. The molecule has 2 heterocycles. The van der Waals surface area contributed by atoms with Crippen LogP contribution in [0, 0.1) is 5.92 Å². The second-order valence-electron chi connectivity index (χ2n) is 4.13. The van der Waals surface area contributed by atoms with Crippen LogP contribution >= 0.6 is 11.6 Å². The lowest BCUT2D eigenvalue weighted by Crippen LogP contribution is -2.40. The first-order valence-electron chi connectivity index (χ1n) is 5.57. The highest BCUT2D eigenvalue weighted by atomic mass is 35.5. The highest BCUT2D eigenvalue weighted by molar-refractivity contribution is 6.18. The SMILES string of the molecule is O=C(c1ccccn1)N1CCCC(CCl)C1. The number of aromatic nitrogens is 1. The fraction of sp³-hybridized carbons (Fsp3) is 0.500. The highest BCUT2D eigenvalue weighted by Crippen LogP contribution is 2.18. The minimum Gasteiger partial charge on any atom is -0.337 e. The van der Waals surface area contributed by atoms with Crippen LogP contribution < -0.4 is 0 Å². The number of carbonyl (C=O) groups excluding carboxylic acids is 1. The number of hydrogen-bond donors (Lipinski definition) is 0. The molecule has 0 spiro atoms. The van der Waals surface area contributed by atoms with E-state index in [2.05, 4.69) is 4.98 Å². The molecule has 86 valence electrons. The summed E-state index contributed by atoms with van der Waals surface area (Å²) in [5.74, 6) is 1.09. The van der Waals surface area contributed by atoms with Crippen LogP contribution in [0.25, 0.3) is 0 Å². The average Bonchev–Trinajstić information content (AvgIpc) is 2.39. The molecule has 0 saturated carbocycles. The molecular weight excluding hydrogens is 224 g/mol. The number of rotatable bonds is 2. The van der Waals surface area contributed by atoms with Crippen molar-refractivity contribution in [2.45, 2.75) is 12.8 Å². The maximum absolute atomic E-state index is 12.1. The van der Waals surface area contributed by atoms with Gasteiger partial charge in [0.05, 0.1) is 0 Å². The van der Waals surface area contributed by atoms with Crippen molar-refractivity contribution < 1.29 is 4.79 Å². The van der Waals surface area contributed by atoms with Crippen molar-refractivity contribution in [2.24, 2.45) is 5.92 Å². The van der Waals surface area contributed by atoms with E-state index in [-0.39, 0.29) is 5.91 Å². The van der Waals surface area contributed by atoms with Crippen molar-refractivity contribution in [3.63, 3.8) is 0 Å². The zero-order valence-corrected chi connectivity index (χ0v) is 9.86. The van der Waals surface area contributed by atoms with Gasteiger partial charge in [-0.15, -0.1) is 11.6 Å². The van der Waals surface area contributed by atoms with Gasteiger partial charge in [0.2, 0.25) is 0 Å². The summed E-state index contributed by atoms with van der Waals surface area (Å²) in [5.41, 5.74) is 0.526. The smallest absolute Gasteiger partial charge is 0.272 e. The second kappa shape index (κ2) is 5.30. The van der Waals surface area contributed by atoms with Gasteiger partial charge in [0.1, 0.15) is 5.69 Å². The predicted molar refractivity (Wildman–Crippen MR) is 63.6 cm³/mol. The Hall–Kier alpha value is -1.09. The van der Waals surface area contributed by atoms with Gasteiger partial charge in [0.15, 0.2) is 0 Å². The molecule has 0 aliphatic carbocycles. The molecule has 2 rings (SSSR count). The number of pyridine rings is 1. The van der Waals surface area contributed by atoms with Crippen LogP contribution in [0.2, 0.25) is 0 Å². The molecule has 1 amide bonds. The predicted octanol–water partition coefficient (Wildman–Crippen LogP) is 2.17. The van der Waals surface area contributed by atoms with Crippen LogP contribution in [0.5, 0.6) is 0 Å². The molecule has 4 heteroatoms. The molecule has 3 nitrogen and oxygen atoms in total. The van der Waals surface area contributed by atoms with Crippen molar-refractivity contribution in [3.05, 3.63) is 30.1 Å². The summed E-state index contributed by atoms with van der Waals surface area (Å²) < 4.78 is 0. The van der Waals surface area contributed by atoms with Crippen LogP contribution in [-0.4, -0.2) is 34.8 Å². The Morgan fingerprint density at radius 1 is 1.56 bits per heavy atom. The topological polar surface area (TPSA) is 33.2 Å². The lowest BCUT2D eigenvalue weighted by Gasteiger charge is -2.31. The van der Waals surface area contributed by atoms with Crippen molar-refractivity contribution in [2.75, 3.05) is 19.0 Å². The monoisotopic (exact) mass is 238 g/mol. The summed E-state index contributed by atoms with van der Waals surface area (Å²) in [7, 11) is 0. The van der Waals surface area contributed by atoms with Gasteiger partial charge >= 0.3 is 0 Å². The molecular formula is C12H15ClN2O. The molecule has 1 unspecified atom stereocenters. The molecule has 1 fully saturated rings. The molecule has 0 N–H and O–H groups in total. The number of likely N-dealkylation sites (tertiary alicyclic amines) is 1. The maximum atomic E-state index is 12.1. The molecule has 1 aromatic heterocycles. The van der Waals surface area contributed by atoms with E-state index in [0.29, 0.717) is 17.5 Å². The first-order chi connectivity index (χ1) is 7.81. The third-order valence-electron chi connectivity index (χ3n) is 2.91. The summed E-state index contributed by atoms with van der Waals surface area (Å²) >= 11 is 5.84. The zero-order chi connectivity index (χ0) is 11.4. The Kier molecular flexibility index (Phi) is 3.78. The molecule has 16 heavy (non-hydrogen) atoms. The molecule has 0 radical (unpaired) electrons. The van der Waals surface area contributed by atoms with Gasteiger partial charge in [-0.3, -0.25) is 9.78 Å².